The van der Waals surface area contributed by atoms with E-state index in [9.17, 15) is 4.79 Å². The monoisotopic (exact) mass is 410 g/mol. The first-order valence-electron chi connectivity index (χ1n) is 8.89. The number of hydrazine groups is 1. The van der Waals surface area contributed by atoms with Gasteiger partial charge in [-0.05, 0) is 62.3 Å². The number of aromatic amines is 1. The lowest BCUT2D eigenvalue weighted by atomic mass is 10.1. The van der Waals surface area contributed by atoms with Gasteiger partial charge >= 0.3 is 0 Å². The fourth-order valence-corrected chi connectivity index (χ4v) is 2.81. The molecule has 0 unspecified atom stereocenters. The summed E-state index contributed by atoms with van der Waals surface area (Å²) in [5, 5.41) is 3.33. The van der Waals surface area contributed by atoms with Gasteiger partial charge in [0.2, 0.25) is 5.88 Å². The van der Waals surface area contributed by atoms with Crippen LogP contribution in [0.5, 0.6) is 5.88 Å². The van der Waals surface area contributed by atoms with Gasteiger partial charge in [0.25, 0.3) is 5.91 Å². The molecular weight excluding hydrogens is 388 g/mol. The van der Waals surface area contributed by atoms with Gasteiger partial charge in [-0.1, -0.05) is 12.1 Å². The van der Waals surface area contributed by atoms with Gasteiger partial charge in [-0.2, -0.15) is 0 Å². The molecule has 0 saturated heterocycles. The minimum Gasteiger partial charge on any atom is -0.480 e. The van der Waals surface area contributed by atoms with E-state index in [4.69, 9.17) is 17.0 Å². The Morgan fingerprint density at radius 1 is 1.14 bits per heavy atom. The third-order valence-corrected chi connectivity index (χ3v) is 4.38. The summed E-state index contributed by atoms with van der Waals surface area (Å²) in [5.74, 6) is 0.467. The second-order valence-corrected chi connectivity index (χ2v) is 6.93. The van der Waals surface area contributed by atoms with Crippen LogP contribution in [-0.2, 0) is 0 Å². The van der Waals surface area contributed by atoms with E-state index >= 15 is 0 Å². The van der Waals surface area contributed by atoms with E-state index in [1.807, 2.05) is 39.0 Å². The average Bonchev–Trinajstić information content (AvgIpc) is 3.14. The fraction of sp³-hybridized carbons (Fsp3) is 0.200. The molecule has 1 amide bonds. The van der Waals surface area contributed by atoms with Crippen LogP contribution < -0.4 is 20.9 Å². The van der Waals surface area contributed by atoms with Crippen molar-refractivity contribution in [1.82, 2.24) is 25.8 Å². The van der Waals surface area contributed by atoms with Crippen LogP contribution in [-0.4, -0.2) is 33.1 Å². The first kappa shape index (κ1) is 20.3. The number of imidazole rings is 1. The van der Waals surface area contributed by atoms with Crippen LogP contribution in [0.25, 0.3) is 11.4 Å². The number of benzene rings is 1. The minimum absolute atomic E-state index is 0.177. The number of hydrogen-bond acceptors (Lipinski definition) is 5. The topological polar surface area (TPSA) is 104 Å². The molecule has 3 rings (SSSR count). The summed E-state index contributed by atoms with van der Waals surface area (Å²) in [4.78, 5) is 24.1. The summed E-state index contributed by atoms with van der Waals surface area (Å²) in [6, 6.07) is 9.31. The Labute approximate surface area is 174 Å². The van der Waals surface area contributed by atoms with Crippen molar-refractivity contribution in [2.24, 2.45) is 0 Å². The molecule has 0 saturated carbocycles. The Kier molecular flexibility index (Phi) is 6.08. The van der Waals surface area contributed by atoms with E-state index in [2.05, 4.69) is 31.1 Å². The van der Waals surface area contributed by atoms with Crippen molar-refractivity contribution < 1.29 is 9.53 Å². The quantitative estimate of drug-likeness (QED) is 0.387. The largest absolute Gasteiger partial charge is 0.480 e. The highest BCUT2D eigenvalue weighted by molar-refractivity contribution is 7.80. The molecule has 0 spiro atoms. The lowest BCUT2D eigenvalue weighted by Gasteiger charge is -2.14. The maximum absolute atomic E-state index is 12.4. The van der Waals surface area contributed by atoms with Gasteiger partial charge in [-0.15, -0.1) is 0 Å². The number of nitrogens with one attached hydrogen (secondary N) is 4. The number of amides is 1. The summed E-state index contributed by atoms with van der Waals surface area (Å²) < 4.78 is 5.32. The summed E-state index contributed by atoms with van der Waals surface area (Å²) in [5.41, 5.74) is 9.99. The van der Waals surface area contributed by atoms with Gasteiger partial charge in [0.15, 0.2) is 5.11 Å². The van der Waals surface area contributed by atoms with Crippen molar-refractivity contribution in [3.8, 4) is 17.3 Å². The minimum atomic E-state index is -0.449. The molecule has 0 aliphatic heterocycles. The Morgan fingerprint density at radius 3 is 2.62 bits per heavy atom. The predicted octanol–water partition coefficient (Wildman–Crippen LogP) is 3.04. The molecule has 29 heavy (non-hydrogen) atoms. The molecule has 0 atom stereocenters. The number of carbonyl (C=O) groups is 1. The van der Waals surface area contributed by atoms with E-state index in [1.165, 1.54) is 7.11 Å². The second-order valence-electron chi connectivity index (χ2n) is 6.52. The molecule has 9 heteroatoms. The van der Waals surface area contributed by atoms with Crippen LogP contribution in [0.1, 0.15) is 27.3 Å². The van der Waals surface area contributed by atoms with Gasteiger partial charge in [0, 0.05) is 17.6 Å². The fourth-order valence-electron chi connectivity index (χ4n) is 2.65. The molecule has 0 bridgehead atoms. The third kappa shape index (κ3) is 4.88. The number of carbonyl (C=O) groups excluding carboxylic acids is 1. The highest BCUT2D eigenvalue weighted by Crippen LogP contribution is 2.26. The summed E-state index contributed by atoms with van der Waals surface area (Å²) in [6.07, 6.45) is 1.71. The Bertz CT molecular complexity index is 1060. The van der Waals surface area contributed by atoms with Gasteiger partial charge in [0.1, 0.15) is 11.5 Å². The number of rotatable bonds is 4. The van der Waals surface area contributed by atoms with Crippen molar-refractivity contribution in [3.63, 3.8) is 0 Å². The molecule has 0 aliphatic rings. The predicted molar refractivity (Wildman–Crippen MR) is 116 cm³/mol. The molecule has 0 aliphatic carbocycles. The normalized spacial score (nSPS) is 10.3. The first-order valence-corrected chi connectivity index (χ1v) is 9.30. The molecule has 8 nitrogen and oxygen atoms in total. The van der Waals surface area contributed by atoms with Crippen LogP contribution in [0, 0.1) is 20.8 Å². The van der Waals surface area contributed by atoms with Crippen LogP contribution in [0.4, 0.5) is 5.69 Å². The molecule has 4 N–H and O–H groups in total. The van der Waals surface area contributed by atoms with Crippen LogP contribution in [0.15, 0.2) is 36.5 Å². The van der Waals surface area contributed by atoms with E-state index < -0.39 is 5.91 Å². The lowest BCUT2D eigenvalue weighted by molar-refractivity contribution is 0.0938. The number of H-pyrrole nitrogens is 1. The summed E-state index contributed by atoms with van der Waals surface area (Å²) >= 11 is 5.25. The van der Waals surface area contributed by atoms with Gasteiger partial charge in [0.05, 0.1) is 12.7 Å². The van der Waals surface area contributed by atoms with Crippen molar-refractivity contribution in [1.29, 1.82) is 0 Å². The van der Waals surface area contributed by atoms with Gasteiger partial charge in [-0.3, -0.25) is 15.6 Å². The Hall–Kier alpha value is -3.46. The van der Waals surface area contributed by atoms with E-state index in [-0.39, 0.29) is 10.8 Å². The molecular formula is C20H22N6O2S. The van der Waals surface area contributed by atoms with E-state index in [1.54, 1.807) is 18.3 Å². The van der Waals surface area contributed by atoms with Crippen LogP contribution >= 0.6 is 12.2 Å². The maximum atomic E-state index is 12.4. The third-order valence-electron chi connectivity index (χ3n) is 4.18. The number of aryl methyl sites for hydroxylation is 3. The van der Waals surface area contributed by atoms with Gasteiger partial charge < -0.3 is 15.0 Å². The number of ether oxygens (including phenoxy) is 1. The van der Waals surface area contributed by atoms with Crippen molar-refractivity contribution in [2.45, 2.75) is 20.8 Å². The standard InChI is InChI=1S/C20H22N6O2S/c1-11-5-6-12(2)16(9-11)24-20(29)26-25-18(27)15-8-7-14(19(23-15)28-4)17-21-10-13(3)22-17/h5-10H,1-4H3,(H,21,22)(H,25,27)(H2,24,26,29). The molecule has 3 aromatic rings. The smallest absolute Gasteiger partial charge is 0.288 e. The molecule has 0 radical (unpaired) electrons. The molecule has 0 fully saturated rings. The van der Waals surface area contributed by atoms with E-state index in [0.717, 1.165) is 22.5 Å². The lowest BCUT2D eigenvalue weighted by Crippen LogP contribution is -2.44. The van der Waals surface area contributed by atoms with E-state index in [0.29, 0.717) is 17.3 Å². The number of thiocarbonyl (C=S) groups is 1. The zero-order valence-corrected chi connectivity index (χ0v) is 17.4. The van der Waals surface area contributed by atoms with Crippen LogP contribution in [0.2, 0.25) is 0 Å². The highest BCUT2D eigenvalue weighted by Gasteiger charge is 2.15. The molecule has 2 heterocycles. The first-order chi connectivity index (χ1) is 13.9. The van der Waals surface area contributed by atoms with Gasteiger partial charge in [-0.25, -0.2) is 9.97 Å². The molecule has 2 aromatic heterocycles. The zero-order valence-electron chi connectivity index (χ0n) is 16.6. The summed E-state index contributed by atoms with van der Waals surface area (Å²) in [7, 11) is 1.49. The number of nitrogens with zero attached hydrogens (tertiary/aromatic N) is 2. The maximum Gasteiger partial charge on any atom is 0.288 e. The van der Waals surface area contributed by atoms with Crippen LogP contribution in [0.3, 0.4) is 0 Å². The Balaban J connectivity index is 1.66. The molecule has 1 aromatic carbocycles. The zero-order chi connectivity index (χ0) is 21.0. The van der Waals surface area contributed by atoms with Crippen molar-refractivity contribution in [3.05, 3.63) is 59.0 Å². The second kappa shape index (κ2) is 8.70. The SMILES string of the molecule is COc1nc(C(=O)NNC(=S)Nc2cc(C)ccc2C)ccc1-c1ncc(C)[nH]1. The van der Waals surface area contributed by atoms with Crippen molar-refractivity contribution >= 4 is 28.9 Å². The Morgan fingerprint density at radius 2 is 1.93 bits per heavy atom. The number of pyridine rings is 1. The van der Waals surface area contributed by atoms with Crippen molar-refractivity contribution in [2.75, 3.05) is 12.4 Å². The number of aromatic nitrogens is 3. The number of anilines is 1. The summed E-state index contributed by atoms with van der Waals surface area (Å²) in [6.45, 7) is 5.87. The molecule has 150 valence electrons. The highest BCUT2D eigenvalue weighted by atomic mass is 32.1. The number of hydrogen-bond donors (Lipinski definition) is 4. The average molecular weight is 411 g/mol. The number of methoxy groups -OCH3 is 1.